The normalized spacial score (nSPS) is 18.3. The summed E-state index contributed by atoms with van der Waals surface area (Å²) in [5.41, 5.74) is -0.363. The van der Waals surface area contributed by atoms with Crippen LogP contribution in [0.5, 0.6) is 0 Å². The molecule has 0 bridgehead atoms. The van der Waals surface area contributed by atoms with Crippen LogP contribution < -0.4 is 5.32 Å². The molecule has 92 valence electrons. The van der Waals surface area contributed by atoms with E-state index in [1.165, 1.54) is 0 Å². The smallest absolute Gasteiger partial charge is 0.242 e. The molecule has 1 N–H and O–H groups in total. The number of ether oxygens (including phenoxy) is 1. The maximum Gasteiger partial charge on any atom is 0.242 e. The molecule has 1 saturated heterocycles. The van der Waals surface area contributed by atoms with Gasteiger partial charge in [0.1, 0.15) is 0 Å². The van der Waals surface area contributed by atoms with E-state index in [0.29, 0.717) is 26.1 Å². The van der Waals surface area contributed by atoms with E-state index in [2.05, 4.69) is 5.32 Å². The van der Waals surface area contributed by atoms with Crippen molar-refractivity contribution in [1.82, 2.24) is 10.2 Å². The minimum absolute atomic E-state index is 0.0429. The Morgan fingerprint density at radius 2 is 2.12 bits per heavy atom. The predicted molar refractivity (Wildman–Crippen MR) is 59.9 cm³/mol. The van der Waals surface area contributed by atoms with Crippen molar-refractivity contribution in [2.24, 2.45) is 0 Å². The van der Waals surface area contributed by atoms with Gasteiger partial charge in [-0.05, 0) is 20.8 Å². The average molecular weight is 228 g/mol. The van der Waals surface area contributed by atoms with Crippen LogP contribution in [0.3, 0.4) is 0 Å². The van der Waals surface area contributed by atoms with Gasteiger partial charge in [0.15, 0.2) is 0 Å². The van der Waals surface area contributed by atoms with Gasteiger partial charge >= 0.3 is 0 Å². The number of amides is 2. The zero-order chi connectivity index (χ0) is 12.2. The number of carbonyl (C=O) groups excluding carboxylic acids is 2. The second kappa shape index (κ2) is 5.30. The van der Waals surface area contributed by atoms with Crippen LogP contribution >= 0.6 is 0 Å². The first-order chi connectivity index (χ1) is 7.44. The lowest BCUT2D eigenvalue weighted by molar-refractivity contribution is -0.134. The molecule has 1 fully saturated rings. The van der Waals surface area contributed by atoms with Gasteiger partial charge in [0, 0.05) is 26.1 Å². The molecule has 0 aromatic carbocycles. The number of hydrogen-bond donors (Lipinski definition) is 1. The van der Waals surface area contributed by atoms with Crippen LogP contribution in [-0.2, 0) is 14.3 Å². The van der Waals surface area contributed by atoms with Gasteiger partial charge in [0.2, 0.25) is 11.8 Å². The molecule has 5 nitrogen and oxygen atoms in total. The van der Waals surface area contributed by atoms with E-state index in [1.807, 2.05) is 20.8 Å². The van der Waals surface area contributed by atoms with Crippen LogP contribution in [-0.4, -0.2) is 48.6 Å². The van der Waals surface area contributed by atoms with Crippen molar-refractivity contribution in [2.45, 2.75) is 32.8 Å². The van der Waals surface area contributed by atoms with E-state index < -0.39 is 0 Å². The van der Waals surface area contributed by atoms with E-state index in [9.17, 15) is 9.59 Å². The lowest BCUT2D eigenvalue weighted by Crippen LogP contribution is -2.45. The van der Waals surface area contributed by atoms with E-state index in [0.717, 1.165) is 0 Å². The summed E-state index contributed by atoms with van der Waals surface area (Å²) in [7, 11) is 0. The number of rotatable bonds is 4. The Morgan fingerprint density at radius 1 is 1.44 bits per heavy atom. The molecule has 2 amide bonds. The van der Waals surface area contributed by atoms with Gasteiger partial charge in [-0.1, -0.05) is 0 Å². The van der Waals surface area contributed by atoms with Gasteiger partial charge in [-0.3, -0.25) is 9.59 Å². The van der Waals surface area contributed by atoms with Crippen LogP contribution in [0.1, 0.15) is 27.2 Å². The van der Waals surface area contributed by atoms with Gasteiger partial charge in [-0.25, -0.2) is 0 Å². The largest absolute Gasteiger partial charge is 0.374 e. The minimum Gasteiger partial charge on any atom is -0.374 e. The monoisotopic (exact) mass is 228 g/mol. The highest BCUT2D eigenvalue weighted by molar-refractivity contribution is 5.87. The third-order valence-electron chi connectivity index (χ3n) is 2.50. The molecule has 0 radical (unpaired) electrons. The number of nitrogens with zero attached hydrogens (tertiary/aromatic N) is 1. The van der Waals surface area contributed by atoms with E-state index in [1.54, 1.807) is 4.90 Å². The Morgan fingerprint density at radius 3 is 2.75 bits per heavy atom. The molecular weight excluding hydrogens is 208 g/mol. The zero-order valence-electron chi connectivity index (χ0n) is 10.2. The van der Waals surface area contributed by atoms with Crippen molar-refractivity contribution in [3.05, 3.63) is 0 Å². The van der Waals surface area contributed by atoms with Crippen LogP contribution in [0, 0.1) is 0 Å². The van der Waals surface area contributed by atoms with Crippen molar-refractivity contribution in [1.29, 1.82) is 0 Å². The number of carbonyl (C=O) groups is 2. The van der Waals surface area contributed by atoms with E-state index >= 15 is 0 Å². The van der Waals surface area contributed by atoms with Crippen LogP contribution in [0.25, 0.3) is 0 Å². The minimum atomic E-state index is -0.363. The molecule has 0 atom stereocenters. The summed E-state index contributed by atoms with van der Waals surface area (Å²) >= 11 is 0. The summed E-state index contributed by atoms with van der Waals surface area (Å²) in [5, 5.41) is 2.57. The Labute approximate surface area is 96.1 Å². The molecule has 1 rings (SSSR count). The summed E-state index contributed by atoms with van der Waals surface area (Å²) in [6.45, 7) is 7.54. The first kappa shape index (κ1) is 13.0. The summed E-state index contributed by atoms with van der Waals surface area (Å²) < 4.78 is 5.55. The summed E-state index contributed by atoms with van der Waals surface area (Å²) in [6, 6.07) is 0. The molecule has 0 saturated carbocycles. The fraction of sp³-hybridized carbons (Fsp3) is 0.818. The van der Waals surface area contributed by atoms with Crippen molar-refractivity contribution >= 4 is 11.8 Å². The number of nitrogens with one attached hydrogen (secondary N) is 1. The van der Waals surface area contributed by atoms with Gasteiger partial charge < -0.3 is 15.0 Å². The van der Waals surface area contributed by atoms with Crippen LogP contribution in [0.4, 0.5) is 0 Å². The Kier molecular flexibility index (Phi) is 4.29. The van der Waals surface area contributed by atoms with Gasteiger partial charge in [0.05, 0.1) is 12.1 Å². The maximum absolute atomic E-state index is 11.7. The van der Waals surface area contributed by atoms with Crippen molar-refractivity contribution < 1.29 is 14.3 Å². The Hall–Kier alpha value is -1.10. The summed E-state index contributed by atoms with van der Waals surface area (Å²) in [5.74, 6) is -0.108. The van der Waals surface area contributed by atoms with Crippen molar-refractivity contribution in [3.63, 3.8) is 0 Å². The molecule has 0 aromatic heterocycles. The summed E-state index contributed by atoms with van der Waals surface area (Å²) in [6.07, 6.45) is 0.369. The highest BCUT2D eigenvalue weighted by Crippen LogP contribution is 2.12. The van der Waals surface area contributed by atoms with Gasteiger partial charge in [-0.15, -0.1) is 0 Å². The first-order valence-corrected chi connectivity index (χ1v) is 5.63. The molecule has 16 heavy (non-hydrogen) atoms. The topological polar surface area (TPSA) is 58.6 Å². The third kappa shape index (κ3) is 3.81. The highest BCUT2D eigenvalue weighted by Gasteiger charge is 2.27. The Bertz CT molecular complexity index is 276. The molecular formula is C11H20N2O3. The van der Waals surface area contributed by atoms with Crippen molar-refractivity contribution in [3.8, 4) is 0 Å². The van der Waals surface area contributed by atoms with Crippen LogP contribution in [0.2, 0.25) is 0 Å². The quantitative estimate of drug-likeness (QED) is 0.745. The lowest BCUT2D eigenvalue weighted by atomic mass is 10.1. The second-order valence-corrected chi connectivity index (χ2v) is 4.53. The van der Waals surface area contributed by atoms with Crippen molar-refractivity contribution in [2.75, 3.05) is 26.2 Å². The van der Waals surface area contributed by atoms with Gasteiger partial charge in [0.25, 0.3) is 0 Å². The fourth-order valence-electron chi connectivity index (χ4n) is 1.80. The predicted octanol–water partition coefficient (Wildman–Crippen LogP) is 0.150. The average Bonchev–Trinajstić information content (AvgIpc) is 2.33. The molecule has 0 spiro atoms. The molecule has 1 aliphatic heterocycles. The lowest BCUT2D eigenvalue weighted by Gasteiger charge is -2.31. The Balaban J connectivity index is 2.57. The summed E-state index contributed by atoms with van der Waals surface area (Å²) in [4.78, 5) is 24.5. The molecule has 0 unspecified atom stereocenters. The maximum atomic E-state index is 11.7. The third-order valence-corrected chi connectivity index (χ3v) is 2.50. The van der Waals surface area contributed by atoms with Gasteiger partial charge in [-0.2, -0.15) is 0 Å². The zero-order valence-corrected chi connectivity index (χ0v) is 10.2. The van der Waals surface area contributed by atoms with E-state index in [4.69, 9.17) is 4.74 Å². The second-order valence-electron chi connectivity index (χ2n) is 4.53. The fourth-order valence-corrected chi connectivity index (χ4v) is 1.80. The SMILES string of the molecule is CCOC(C)(C)CN1CCC(=O)NCC1=O. The molecule has 1 aliphatic rings. The standard InChI is InChI=1S/C11H20N2O3/c1-4-16-11(2,3)8-13-6-5-9(14)12-7-10(13)15/h4-8H2,1-3H3,(H,12,14). The van der Waals surface area contributed by atoms with Crippen LogP contribution in [0.15, 0.2) is 0 Å². The molecule has 0 aromatic rings. The molecule has 5 heteroatoms. The first-order valence-electron chi connectivity index (χ1n) is 5.63. The molecule has 1 heterocycles. The van der Waals surface area contributed by atoms with E-state index in [-0.39, 0.29) is 24.0 Å². The number of hydrogen-bond acceptors (Lipinski definition) is 3. The molecule has 0 aliphatic carbocycles. The highest BCUT2D eigenvalue weighted by atomic mass is 16.5.